The standard InChI is InChI=1S/C18H21FN2/c19-17-11-4-3-10-16(17)18(21-20)12-14-8-5-7-13-6-1-2-9-15(13)14/h1-4,6,9-11,14,18,21H,5,7-8,12,20H2. The van der Waals surface area contributed by atoms with Gasteiger partial charge in [0.2, 0.25) is 0 Å². The first-order valence-electron chi connectivity index (χ1n) is 7.58. The second kappa shape index (κ2) is 6.37. The highest BCUT2D eigenvalue weighted by molar-refractivity contribution is 5.33. The second-order valence-electron chi connectivity index (χ2n) is 5.76. The van der Waals surface area contributed by atoms with Crippen molar-refractivity contribution in [3.63, 3.8) is 0 Å². The number of aryl methyl sites for hydroxylation is 1. The molecule has 0 saturated carbocycles. The predicted molar refractivity (Wildman–Crippen MR) is 83.2 cm³/mol. The van der Waals surface area contributed by atoms with Crippen LogP contribution in [0.3, 0.4) is 0 Å². The molecule has 0 heterocycles. The number of hydrazine groups is 1. The summed E-state index contributed by atoms with van der Waals surface area (Å²) in [6.45, 7) is 0. The molecule has 1 aliphatic carbocycles. The average Bonchev–Trinajstić information content (AvgIpc) is 2.53. The normalized spacial score (nSPS) is 19.0. The van der Waals surface area contributed by atoms with Crippen molar-refractivity contribution in [3.05, 3.63) is 71.0 Å². The molecule has 3 rings (SSSR count). The molecule has 0 spiro atoms. The van der Waals surface area contributed by atoms with Gasteiger partial charge >= 0.3 is 0 Å². The van der Waals surface area contributed by atoms with E-state index in [9.17, 15) is 4.39 Å². The summed E-state index contributed by atoms with van der Waals surface area (Å²) in [7, 11) is 0. The van der Waals surface area contributed by atoms with E-state index in [2.05, 4.69) is 29.7 Å². The van der Waals surface area contributed by atoms with Gasteiger partial charge in [0.25, 0.3) is 0 Å². The van der Waals surface area contributed by atoms with Crippen LogP contribution in [-0.2, 0) is 6.42 Å². The largest absolute Gasteiger partial charge is 0.271 e. The molecule has 2 unspecified atom stereocenters. The minimum atomic E-state index is -0.190. The molecule has 0 amide bonds. The fourth-order valence-electron chi connectivity index (χ4n) is 3.43. The lowest BCUT2D eigenvalue weighted by Gasteiger charge is -2.29. The Morgan fingerprint density at radius 2 is 1.90 bits per heavy atom. The van der Waals surface area contributed by atoms with Gasteiger partial charge < -0.3 is 0 Å². The van der Waals surface area contributed by atoms with Gasteiger partial charge in [0.05, 0.1) is 0 Å². The lowest BCUT2D eigenvalue weighted by Crippen LogP contribution is -2.30. The zero-order valence-electron chi connectivity index (χ0n) is 12.1. The highest BCUT2D eigenvalue weighted by atomic mass is 19.1. The molecule has 0 fully saturated rings. The highest BCUT2D eigenvalue weighted by Gasteiger charge is 2.24. The molecule has 3 N–H and O–H groups in total. The van der Waals surface area contributed by atoms with Crippen LogP contribution in [0.1, 0.15) is 47.9 Å². The summed E-state index contributed by atoms with van der Waals surface area (Å²) in [5, 5.41) is 0. The topological polar surface area (TPSA) is 38.0 Å². The SMILES string of the molecule is NNC(CC1CCCc2ccccc21)c1ccccc1F. The van der Waals surface area contributed by atoms with E-state index in [1.165, 1.54) is 23.6 Å². The summed E-state index contributed by atoms with van der Waals surface area (Å²) in [5.74, 6) is 5.94. The molecule has 2 aromatic rings. The molecule has 2 nitrogen and oxygen atoms in total. The minimum absolute atomic E-state index is 0.151. The molecule has 2 atom stereocenters. The predicted octanol–water partition coefficient (Wildman–Crippen LogP) is 3.84. The van der Waals surface area contributed by atoms with Gasteiger partial charge in [-0.1, -0.05) is 42.5 Å². The summed E-state index contributed by atoms with van der Waals surface area (Å²) in [6, 6.07) is 15.3. The summed E-state index contributed by atoms with van der Waals surface area (Å²) in [6.07, 6.45) is 4.31. The van der Waals surface area contributed by atoms with Gasteiger partial charge in [-0.3, -0.25) is 11.3 Å². The van der Waals surface area contributed by atoms with Gasteiger partial charge in [-0.15, -0.1) is 0 Å². The van der Waals surface area contributed by atoms with E-state index in [4.69, 9.17) is 5.84 Å². The van der Waals surface area contributed by atoms with Crippen LogP contribution in [0.4, 0.5) is 4.39 Å². The number of rotatable bonds is 4. The van der Waals surface area contributed by atoms with E-state index in [0.717, 1.165) is 19.3 Å². The monoisotopic (exact) mass is 284 g/mol. The molecule has 1 aliphatic rings. The molecule has 0 saturated heterocycles. The number of nitrogens with two attached hydrogens (primary N) is 1. The first-order valence-corrected chi connectivity index (χ1v) is 7.58. The Labute approximate surface area is 125 Å². The molecule has 2 aromatic carbocycles. The summed E-state index contributed by atoms with van der Waals surface area (Å²) < 4.78 is 14.0. The maximum atomic E-state index is 14.0. The quantitative estimate of drug-likeness (QED) is 0.661. The fraction of sp³-hybridized carbons (Fsp3) is 0.333. The smallest absolute Gasteiger partial charge is 0.128 e. The zero-order valence-corrected chi connectivity index (χ0v) is 12.1. The molecule has 21 heavy (non-hydrogen) atoms. The summed E-state index contributed by atoms with van der Waals surface area (Å²) >= 11 is 0. The summed E-state index contributed by atoms with van der Waals surface area (Å²) in [4.78, 5) is 0. The van der Waals surface area contributed by atoms with E-state index in [0.29, 0.717) is 11.5 Å². The van der Waals surface area contributed by atoms with Crippen LogP contribution in [0, 0.1) is 5.82 Å². The van der Waals surface area contributed by atoms with Gasteiger partial charge in [-0.25, -0.2) is 4.39 Å². The van der Waals surface area contributed by atoms with Crippen molar-refractivity contribution in [2.24, 2.45) is 5.84 Å². The molecule has 0 bridgehead atoms. The van der Waals surface area contributed by atoms with E-state index in [1.54, 1.807) is 6.07 Å². The Hall–Kier alpha value is -1.71. The van der Waals surface area contributed by atoms with Crippen LogP contribution in [0.5, 0.6) is 0 Å². The van der Waals surface area contributed by atoms with Crippen molar-refractivity contribution in [2.75, 3.05) is 0 Å². The lowest BCUT2D eigenvalue weighted by molar-refractivity contribution is 0.414. The van der Waals surface area contributed by atoms with Crippen molar-refractivity contribution in [2.45, 2.75) is 37.6 Å². The number of hydrogen-bond donors (Lipinski definition) is 2. The molecule has 0 aromatic heterocycles. The van der Waals surface area contributed by atoms with E-state index in [1.807, 2.05) is 12.1 Å². The lowest BCUT2D eigenvalue weighted by atomic mass is 9.79. The molecule has 0 aliphatic heterocycles. The van der Waals surface area contributed by atoms with Crippen molar-refractivity contribution in [1.29, 1.82) is 0 Å². The Morgan fingerprint density at radius 3 is 2.71 bits per heavy atom. The third-order valence-corrected chi connectivity index (χ3v) is 4.50. The van der Waals surface area contributed by atoms with Crippen LogP contribution in [0.15, 0.2) is 48.5 Å². The van der Waals surface area contributed by atoms with Crippen molar-refractivity contribution in [1.82, 2.24) is 5.43 Å². The van der Waals surface area contributed by atoms with Crippen LogP contribution in [0.2, 0.25) is 0 Å². The second-order valence-corrected chi connectivity index (χ2v) is 5.76. The van der Waals surface area contributed by atoms with Gasteiger partial charge in [0.15, 0.2) is 0 Å². The number of nitrogens with one attached hydrogen (secondary N) is 1. The van der Waals surface area contributed by atoms with Gasteiger partial charge in [-0.05, 0) is 48.8 Å². The minimum Gasteiger partial charge on any atom is -0.271 e. The third kappa shape index (κ3) is 2.99. The Balaban J connectivity index is 1.84. The van der Waals surface area contributed by atoms with E-state index < -0.39 is 0 Å². The average molecular weight is 284 g/mol. The van der Waals surface area contributed by atoms with Crippen molar-refractivity contribution in [3.8, 4) is 0 Å². The molecular formula is C18H21FN2. The number of hydrogen-bond acceptors (Lipinski definition) is 2. The fourth-order valence-corrected chi connectivity index (χ4v) is 3.43. The van der Waals surface area contributed by atoms with Crippen LogP contribution >= 0.6 is 0 Å². The number of fused-ring (bicyclic) bond motifs is 1. The van der Waals surface area contributed by atoms with Gasteiger partial charge in [0.1, 0.15) is 5.82 Å². The highest BCUT2D eigenvalue weighted by Crippen LogP contribution is 2.37. The molecular weight excluding hydrogens is 263 g/mol. The number of benzene rings is 2. The Bertz CT molecular complexity index is 612. The van der Waals surface area contributed by atoms with Gasteiger partial charge in [0, 0.05) is 11.6 Å². The first kappa shape index (κ1) is 14.2. The van der Waals surface area contributed by atoms with Gasteiger partial charge in [-0.2, -0.15) is 0 Å². The van der Waals surface area contributed by atoms with E-state index in [-0.39, 0.29) is 11.9 Å². The molecule has 3 heteroatoms. The third-order valence-electron chi connectivity index (χ3n) is 4.50. The molecule has 110 valence electrons. The van der Waals surface area contributed by atoms with Crippen molar-refractivity contribution >= 4 is 0 Å². The first-order chi connectivity index (χ1) is 10.3. The van der Waals surface area contributed by atoms with Crippen LogP contribution < -0.4 is 11.3 Å². The Morgan fingerprint density at radius 1 is 1.14 bits per heavy atom. The maximum absolute atomic E-state index is 14.0. The summed E-state index contributed by atoms with van der Waals surface area (Å²) in [5.41, 5.74) is 6.28. The number of halogens is 1. The zero-order chi connectivity index (χ0) is 14.7. The maximum Gasteiger partial charge on any atom is 0.128 e. The molecule has 0 radical (unpaired) electrons. The van der Waals surface area contributed by atoms with Crippen LogP contribution in [-0.4, -0.2) is 0 Å². The van der Waals surface area contributed by atoms with Crippen molar-refractivity contribution < 1.29 is 4.39 Å². The van der Waals surface area contributed by atoms with E-state index >= 15 is 0 Å². The Kier molecular flexibility index (Phi) is 4.32. The van der Waals surface area contributed by atoms with Crippen LogP contribution in [0.25, 0.3) is 0 Å².